The quantitative estimate of drug-likeness (QED) is 0.266. The van der Waals surface area contributed by atoms with Gasteiger partial charge in [0.2, 0.25) is 0 Å². The van der Waals surface area contributed by atoms with Gasteiger partial charge in [-0.3, -0.25) is 0 Å². The Morgan fingerprint density at radius 1 is 0.875 bits per heavy atom. The number of thiol groups is 1. The van der Waals surface area contributed by atoms with E-state index in [1.54, 1.807) is 6.07 Å². The fourth-order valence-electron chi connectivity index (χ4n) is 1.77. The molecule has 2 rings (SSSR count). The van der Waals surface area contributed by atoms with Crippen LogP contribution >= 0.6 is 7.81 Å². The van der Waals surface area contributed by atoms with Crippen molar-refractivity contribution in [1.82, 2.24) is 0 Å². The summed E-state index contributed by atoms with van der Waals surface area (Å²) in [6.45, 7) is 4.19. The van der Waals surface area contributed by atoms with E-state index in [0.29, 0.717) is 5.75 Å². The molecule has 0 saturated carbocycles. The maximum atomic E-state index is 9.87. The SMILES string of the molecule is Cc1ccccc1C[SH+]c1ccc(O)cc1C.F[P-](F)(F)(F)(F)F. The van der Waals surface area contributed by atoms with E-state index in [9.17, 15) is 30.3 Å². The zero-order valence-electron chi connectivity index (χ0n) is 12.9. The van der Waals surface area contributed by atoms with E-state index in [4.69, 9.17) is 0 Å². The topological polar surface area (TPSA) is 20.2 Å². The summed E-state index contributed by atoms with van der Waals surface area (Å²) in [6, 6.07) is 14.1. The predicted molar refractivity (Wildman–Crippen MR) is 88.3 cm³/mol. The molecule has 0 spiro atoms. The first-order valence-corrected chi connectivity index (χ1v) is 9.80. The summed E-state index contributed by atoms with van der Waals surface area (Å²) in [5.74, 6) is 1.37. The van der Waals surface area contributed by atoms with Crippen LogP contribution < -0.4 is 0 Å². The first-order chi connectivity index (χ1) is 10.6. The summed E-state index contributed by atoms with van der Waals surface area (Å²) in [4.78, 5) is 1.28. The third-order valence-electron chi connectivity index (χ3n) is 2.86. The van der Waals surface area contributed by atoms with Gasteiger partial charge in [-0.25, -0.2) is 0 Å². The third-order valence-corrected chi connectivity index (χ3v) is 4.20. The second-order valence-corrected chi connectivity index (χ2v) is 8.20. The molecule has 0 unspecified atom stereocenters. The summed E-state index contributed by atoms with van der Waals surface area (Å²) in [5, 5.41) is 9.36. The Labute approximate surface area is 139 Å². The molecule has 0 heterocycles. The molecule has 1 N–H and O–H groups in total. The van der Waals surface area contributed by atoms with Gasteiger partial charge in [-0.15, -0.1) is 0 Å². The minimum absolute atomic E-state index is 0.345. The molecule has 0 aliphatic rings. The van der Waals surface area contributed by atoms with Gasteiger partial charge in [-0.1, -0.05) is 24.3 Å². The number of hydrogen-bond acceptors (Lipinski definition) is 1. The first kappa shape index (κ1) is 20.6. The molecule has 9 heteroatoms. The molecule has 0 radical (unpaired) electrons. The van der Waals surface area contributed by atoms with E-state index in [0.717, 1.165) is 11.3 Å². The van der Waals surface area contributed by atoms with Crippen LogP contribution in [0.5, 0.6) is 5.75 Å². The Morgan fingerprint density at radius 2 is 1.42 bits per heavy atom. The average molecular weight is 390 g/mol. The third kappa shape index (κ3) is 10.4. The number of benzene rings is 2. The molecule has 136 valence electrons. The molecule has 0 aromatic heterocycles. The van der Waals surface area contributed by atoms with Crippen molar-refractivity contribution in [3.05, 3.63) is 59.2 Å². The van der Waals surface area contributed by atoms with Crippen molar-refractivity contribution in [3.63, 3.8) is 0 Å². The van der Waals surface area contributed by atoms with E-state index in [2.05, 4.69) is 31.2 Å². The molecule has 2 aromatic carbocycles. The van der Waals surface area contributed by atoms with Gasteiger partial charge in [-0.2, -0.15) is 0 Å². The number of hydrogen-bond donors (Lipinski definition) is 1. The van der Waals surface area contributed by atoms with Crippen LogP contribution in [0, 0.1) is 13.8 Å². The van der Waals surface area contributed by atoms with E-state index >= 15 is 0 Å². The van der Waals surface area contributed by atoms with Gasteiger partial charge in [-0.05, 0) is 37.6 Å². The van der Waals surface area contributed by atoms with Crippen LogP contribution in [0.25, 0.3) is 0 Å². The van der Waals surface area contributed by atoms with Crippen molar-refractivity contribution >= 4 is 19.6 Å². The van der Waals surface area contributed by atoms with Gasteiger partial charge in [0.15, 0.2) is 4.90 Å². The van der Waals surface area contributed by atoms with Crippen molar-refractivity contribution < 1.29 is 30.3 Å². The predicted octanol–water partition coefficient (Wildman–Crippen LogP) is 6.77. The fourth-order valence-corrected chi connectivity index (χ4v) is 2.96. The van der Waals surface area contributed by atoms with Crippen LogP contribution in [-0.2, 0) is 17.5 Å². The minimum atomic E-state index is -10.7. The molecule has 0 bridgehead atoms. The van der Waals surface area contributed by atoms with Gasteiger partial charge in [0.25, 0.3) is 0 Å². The van der Waals surface area contributed by atoms with Gasteiger partial charge in [0, 0.05) is 22.9 Å². The van der Waals surface area contributed by atoms with E-state index in [1.807, 2.05) is 19.1 Å². The molecular weight excluding hydrogens is 373 g/mol. The number of phenolic OH excluding ortho intramolecular Hbond substituents is 1. The van der Waals surface area contributed by atoms with Gasteiger partial charge in [0.1, 0.15) is 11.5 Å². The van der Waals surface area contributed by atoms with Crippen molar-refractivity contribution in [3.8, 4) is 5.75 Å². The maximum absolute atomic E-state index is 10.7. The molecule has 0 atom stereocenters. The number of aryl methyl sites for hydroxylation is 2. The van der Waals surface area contributed by atoms with Gasteiger partial charge < -0.3 is 5.11 Å². The molecule has 24 heavy (non-hydrogen) atoms. The Morgan fingerprint density at radius 3 is 1.92 bits per heavy atom. The van der Waals surface area contributed by atoms with E-state index in [-0.39, 0.29) is 0 Å². The molecule has 0 saturated heterocycles. The van der Waals surface area contributed by atoms with Crippen LogP contribution in [0.2, 0.25) is 0 Å². The van der Waals surface area contributed by atoms with Crippen LogP contribution in [0.4, 0.5) is 25.2 Å². The van der Waals surface area contributed by atoms with Crippen LogP contribution in [0.1, 0.15) is 16.7 Å². The fraction of sp³-hybridized carbons (Fsp3) is 0.200. The Bertz CT molecular complexity index is 704. The van der Waals surface area contributed by atoms with Crippen molar-refractivity contribution in [2.24, 2.45) is 0 Å². The van der Waals surface area contributed by atoms with Crippen molar-refractivity contribution in [2.75, 3.05) is 0 Å². The standard InChI is InChI=1S/C15H16OS.F6P/c1-11-5-3-4-6-13(11)10-17-15-8-7-14(16)9-12(15)2;1-7(2,3,4,5)6/h3-9,16H,10H2,1-2H3;/q;-1/p+1. The summed E-state index contributed by atoms with van der Waals surface area (Å²) < 4.78 is 59.2. The Balaban J connectivity index is 0.000000351. The van der Waals surface area contributed by atoms with Crippen LogP contribution in [0.3, 0.4) is 0 Å². The molecule has 0 aliphatic heterocycles. The second kappa shape index (κ2) is 6.48. The zero-order valence-corrected chi connectivity index (χ0v) is 14.6. The second-order valence-electron chi connectivity index (χ2n) is 5.17. The molecule has 0 aliphatic carbocycles. The van der Waals surface area contributed by atoms with Gasteiger partial charge >= 0.3 is 33.0 Å². The Kier molecular flexibility index (Phi) is 5.58. The molecule has 0 amide bonds. The summed E-state index contributed by atoms with van der Waals surface area (Å²) in [7, 11) is -10.7. The number of halogens is 6. The average Bonchev–Trinajstić information content (AvgIpc) is 2.36. The molecule has 1 nitrogen and oxygen atoms in total. The molecular formula is C15H17F6OPS. The van der Waals surface area contributed by atoms with Crippen molar-refractivity contribution in [2.45, 2.75) is 24.5 Å². The summed E-state index contributed by atoms with van der Waals surface area (Å²) in [6.07, 6.45) is 0. The normalized spacial score (nSPS) is 14.2. The monoisotopic (exact) mass is 390 g/mol. The van der Waals surface area contributed by atoms with Crippen LogP contribution in [-0.4, -0.2) is 5.11 Å². The van der Waals surface area contributed by atoms with Crippen molar-refractivity contribution in [1.29, 1.82) is 0 Å². The molecule has 2 aromatic rings. The van der Waals surface area contributed by atoms with Gasteiger partial charge in [0.05, 0.1) is 0 Å². The van der Waals surface area contributed by atoms with E-state index in [1.165, 1.54) is 27.8 Å². The number of phenols is 1. The van der Waals surface area contributed by atoms with Crippen LogP contribution in [0.15, 0.2) is 47.4 Å². The number of rotatable bonds is 3. The van der Waals surface area contributed by atoms with E-state index < -0.39 is 7.81 Å². The Hall–Kier alpha value is -1.40. The summed E-state index contributed by atoms with van der Waals surface area (Å²) in [5.41, 5.74) is 3.89. The zero-order chi connectivity index (χ0) is 18.7. The number of aromatic hydroxyl groups is 1. The summed E-state index contributed by atoms with van der Waals surface area (Å²) >= 11 is 1.29. The molecule has 0 fully saturated rings. The first-order valence-electron chi connectivity index (χ1n) is 6.70.